The van der Waals surface area contributed by atoms with E-state index in [4.69, 9.17) is 5.26 Å². The number of carbonyl (C=O) groups excluding carboxylic acids is 1. The molecule has 2 N–H and O–H groups in total. The Bertz CT molecular complexity index is 383. The van der Waals surface area contributed by atoms with Crippen LogP contribution in [0, 0.1) is 17.2 Å². The molecule has 6 nitrogen and oxygen atoms in total. The third-order valence-corrected chi connectivity index (χ3v) is 3.33. The largest absolute Gasteiger partial charge is 0.480 e. The van der Waals surface area contributed by atoms with Gasteiger partial charge in [-0.15, -0.1) is 0 Å². The van der Waals surface area contributed by atoms with E-state index in [0.29, 0.717) is 25.9 Å². The van der Waals surface area contributed by atoms with Crippen LogP contribution in [-0.4, -0.2) is 40.6 Å². The van der Waals surface area contributed by atoms with Gasteiger partial charge in [-0.25, -0.2) is 9.59 Å². The highest BCUT2D eigenvalue weighted by atomic mass is 16.4. The standard InChI is InChI=1S/C13H21N3O3/c1-10(2)9-16(8-4-7-14)12(19)15-13(11(17)18)5-3-6-13/h10H,3-6,8-9H2,1-2H3,(H,15,19)(H,17,18). The first kappa shape index (κ1) is 15.3. The molecular formula is C13H21N3O3. The number of urea groups is 1. The highest BCUT2D eigenvalue weighted by Crippen LogP contribution is 2.32. The molecule has 0 unspecified atom stereocenters. The molecule has 0 bridgehead atoms. The Hall–Kier alpha value is -1.77. The van der Waals surface area contributed by atoms with Gasteiger partial charge >= 0.3 is 12.0 Å². The highest BCUT2D eigenvalue weighted by Gasteiger charge is 2.46. The van der Waals surface area contributed by atoms with Crippen LogP contribution in [0.4, 0.5) is 4.79 Å². The molecule has 0 radical (unpaired) electrons. The summed E-state index contributed by atoms with van der Waals surface area (Å²) in [6.45, 7) is 4.80. The van der Waals surface area contributed by atoms with Crippen LogP contribution < -0.4 is 5.32 Å². The Kier molecular flexibility index (Phi) is 5.16. The zero-order chi connectivity index (χ0) is 14.5. The predicted molar refractivity (Wildman–Crippen MR) is 69.4 cm³/mol. The van der Waals surface area contributed by atoms with Gasteiger partial charge in [0.1, 0.15) is 5.54 Å². The Morgan fingerprint density at radius 3 is 2.47 bits per heavy atom. The smallest absolute Gasteiger partial charge is 0.329 e. The molecular weight excluding hydrogens is 246 g/mol. The van der Waals surface area contributed by atoms with Crippen LogP contribution in [0.1, 0.15) is 39.5 Å². The fourth-order valence-electron chi connectivity index (χ4n) is 2.11. The van der Waals surface area contributed by atoms with E-state index in [2.05, 4.69) is 5.32 Å². The number of nitriles is 1. The summed E-state index contributed by atoms with van der Waals surface area (Å²) in [4.78, 5) is 24.9. The summed E-state index contributed by atoms with van der Waals surface area (Å²) in [5.74, 6) is -0.705. The molecule has 0 atom stereocenters. The molecule has 0 aromatic carbocycles. The summed E-state index contributed by atoms with van der Waals surface area (Å²) in [5.41, 5.74) is -1.10. The van der Waals surface area contributed by atoms with Gasteiger partial charge in [-0.1, -0.05) is 13.8 Å². The lowest BCUT2D eigenvalue weighted by Gasteiger charge is -2.39. The lowest BCUT2D eigenvalue weighted by Crippen LogP contribution is -2.62. The topological polar surface area (TPSA) is 93.4 Å². The Morgan fingerprint density at radius 1 is 1.47 bits per heavy atom. The predicted octanol–water partition coefficient (Wildman–Crippen LogP) is 1.57. The molecule has 0 spiro atoms. The molecule has 1 saturated carbocycles. The number of hydrogen-bond acceptors (Lipinski definition) is 3. The van der Waals surface area contributed by atoms with Crippen molar-refractivity contribution in [2.45, 2.75) is 45.1 Å². The quantitative estimate of drug-likeness (QED) is 0.764. The maximum absolute atomic E-state index is 12.1. The maximum atomic E-state index is 12.1. The van der Waals surface area contributed by atoms with Crippen molar-refractivity contribution < 1.29 is 14.7 Å². The van der Waals surface area contributed by atoms with Gasteiger partial charge in [0.05, 0.1) is 12.5 Å². The Morgan fingerprint density at radius 2 is 2.11 bits per heavy atom. The van der Waals surface area contributed by atoms with E-state index >= 15 is 0 Å². The van der Waals surface area contributed by atoms with Gasteiger partial charge in [0.15, 0.2) is 0 Å². The van der Waals surface area contributed by atoms with Gasteiger partial charge in [0, 0.05) is 13.1 Å². The van der Waals surface area contributed by atoms with E-state index in [1.165, 1.54) is 4.90 Å². The third kappa shape index (κ3) is 3.85. The molecule has 6 heteroatoms. The fraction of sp³-hybridized carbons (Fsp3) is 0.769. The van der Waals surface area contributed by atoms with Crippen LogP contribution in [0.2, 0.25) is 0 Å². The Balaban J connectivity index is 2.65. The first-order valence-electron chi connectivity index (χ1n) is 6.59. The van der Waals surface area contributed by atoms with E-state index < -0.39 is 11.5 Å². The van der Waals surface area contributed by atoms with Crippen LogP contribution in [0.15, 0.2) is 0 Å². The monoisotopic (exact) mass is 267 g/mol. The number of carbonyl (C=O) groups is 2. The maximum Gasteiger partial charge on any atom is 0.329 e. The molecule has 106 valence electrons. The lowest BCUT2D eigenvalue weighted by molar-refractivity contribution is -0.148. The number of nitrogens with zero attached hydrogens (tertiary/aromatic N) is 2. The van der Waals surface area contributed by atoms with Gasteiger partial charge in [0.25, 0.3) is 0 Å². The van der Waals surface area contributed by atoms with Crippen LogP contribution in [0.5, 0.6) is 0 Å². The van der Waals surface area contributed by atoms with Gasteiger partial charge in [-0.3, -0.25) is 0 Å². The van der Waals surface area contributed by atoms with E-state index in [0.717, 1.165) is 6.42 Å². The van der Waals surface area contributed by atoms with Crippen LogP contribution in [-0.2, 0) is 4.79 Å². The van der Waals surface area contributed by atoms with Crippen molar-refractivity contribution in [3.63, 3.8) is 0 Å². The van der Waals surface area contributed by atoms with E-state index in [-0.39, 0.29) is 18.4 Å². The molecule has 2 amide bonds. The summed E-state index contributed by atoms with van der Waals surface area (Å²) in [5, 5.41) is 20.4. The third-order valence-electron chi connectivity index (χ3n) is 3.33. The second kappa shape index (κ2) is 6.41. The average Bonchev–Trinajstić information content (AvgIpc) is 2.27. The van der Waals surface area contributed by atoms with E-state index in [1.54, 1.807) is 0 Å². The molecule has 0 aromatic heterocycles. The first-order chi connectivity index (χ1) is 8.91. The minimum absolute atomic E-state index is 0.250. The summed E-state index contributed by atoms with van der Waals surface area (Å²) >= 11 is 0. The van der Waals surface area contributed by atoms with Crippen LogP contribution >= 0.6 is 0 Å². The van der Waals surface area contributed by atoms with Crippen molar-refractivity contribution in [2.75, 3.05) is 13.1 Å². The van der Waals surface area contributed by atoms with E-state index in [9.17, 15) is 14.7 Å². The number of hydrogen-bond donors (Lipinski definition) is 2. The minimum atomic E-state index is -1.10. The van der Waals surface area contributed by atoms with Crippen molar-refractivity contribution >= 4 is 12.0 Å². The molecule has 0 saturated heterocycles. The van der Waals surface area contributed by atoms with Crippen LogP contribution in [0.3, 0.4) is 0 Å². The number of amides is 2. The molecule has 19 heavy (non-hydrogen) atoms. The SMILES string of the molecule is CC(C)CN(CCC#N)C(=O)NC1(C(=O)O)CCC1. The lowest BCUT2D eigenvalue weighted by atomic mass is 9.77. The number of aliphatic carboxylic acids is 1. The number of carboxylic acid groups (broad SMARTS) is 1. The van der Waals surface area contributed by atoms with Gasteiger partial charge < -0.3 is 15.3 Å². The van der Waals surface area contributed by atoms with Crippen molar-refractivity contribution in [2.24, 2.45) is 5.92 Å². The van der Waals surface area contributed by atoms with Crippen molar-refractivity contribution in [1.29, 1.82) is 5.26 Å². The zero-order valence-electron chi connectivity index (χ0n) is 11.5. The zero-order valence-corrected chi connectivity index (χ0v) is 11.5. The summed E-state index contributed by atoms with van der Waals surface area (Å²) in [6.07, 6.45) is 2.01. The summed E-state index contributed by atoms with van der Waals surface area (Å²) in [7, 11) is 0. The molecule has 1 aliphatic carbocycles. The number of nitrogens with one attached hydrogen (secondary N) is 1. The number of carboxylic acids is 1. The summed E-state index contributed by atoms with van der Waals surface area (Å²) in [6, 6.07) is 1.62. The van der Waals surface area contributed by atoms with E-state index in [1.807, 2.05) is 19.9 Å². The molecule has 0 aromatic rings. The van der Waals surface area contributed by atoms with Crippen LogP contribution in [0.25, 0.3) is 0 Å². The normalized spacial score (nSPS) is 16.3. The van der Waals surface area contributed by atoms with Gasteiger partial charge in [-0.05, 0) is 25.2 Å². The number of rotatable bonds is 6. The average molecular weight is 267 g/mol. The van der Waals surface area contributed by atoms with Crippen molar-refractivity contribution in [3.05, 3.63) is 0 Å². The second-order valence-electron chi connectivity index (χ2n) is 5.42. The van der Waals surface area contributed by atoms with Crippen molar-refractivity contribution in [1.82, 2.24) is 10.2 Å². The van der Waals surface area contributed by atoms with Crippen molar-refractivity contribution in [3.8, 4) is 6.07 Å². The molecule has 0 aliphatic heterocycles. The highest BCUT2D eigenvalue weighted by molar-refractivity contribution is 5.87. The molecule has 1 rings (SSSR count). The molecule has 1 fully saturated rings. The fourth-order valence-corrected chi connectivity index (χ4v) is 2.11. The minimum Gasteiger partial charge on any atom is -0.480 e. The molecule has 0 heterocycles. The molecule has 1 aliphatic rings. The summed E-state index contributed by atoms with van der Waals surface area (Å²) < 4.78 is 0. The first-order valence-corrected chi connectivity index (χ1v) is 6.59. The van der Waals surface area contributed by atoms with Gasteiger partial charge in [-0.2, -0.15) is 5.26 Å². The Labute approximate surface area is 113 Å². The second-order valence-corrected chi connectivity index (χ2v) is 5.42. The van der Waals surface area contributed by atoms with Gasteiger partial charge in [0.2, 0.25) is 0 Å².